The van der Waals surface area contributed by atoms with Crippen molar-refractivity contribution in [2.75, 3.05) is 39.6 Å². The van der Waals surface area contributed by atoms with Gasteiger partial charge < -0.3 is 80.7 Å². The van der Waals surface area contributed by atoms with E-state index in [4.69, 9.17) is 98.0 Å². The lowest BCUT2D eigenvalue weighted by atomic mass is 9.77. The average molecular weight is 2090 g/mol. The van der Waals surface area contributed by atoms with Crippen LogP contribution in [0.3, 0.4) is 0 Å². The second-order valence-electron chi connectivity index (χ2n) is 38.8. The molecule has 12 aromatic rings. The van der Waals surface area contributed by atoms with Crippen molar-refractivity contribution in [3.8, 4) is 5.75 Å². The van der Waals surface area contributed by atoms with Gasteiger partial charge in [0.25, 0.3) is 0 Å². The first kappa shape index (κ1) is 98.9. The summed E-state index contributed by atoms with van der Waals surface area (Å²) in [5.74, 6) is 1.19. The average Bonchev–Trinajstić information content (AvgIpc) is 1.58. The number of hydrogen-bond acceptors (Lipinski definition) is 31. The third-order valence-corrected chi connectivity index (χ3v) is 37.0. The van der Waals surface area contributed by atoms with Crippen LogP contribution < -0.4 is 31.9 Å². The Morgan fingerprint density at radius 1 is 0.390 bits per heavy atom. The summed E-state index contributed by atoms with van der Waals surface area (Å²) in [6.07, 6.45) is 26.5. The van der Waals surface area contributed by atoms with Gasteiger partial charge >= 0.3 is 0 Å². The van der Waals surface area contributed by atoms with Crippen LogP contribution in [0.15, 0.2) is 98.2 Å². The lowest BCUT2D eigenvalue weighted by molar-refractivity contribution is -0.129. The number of rotatable bonds is 6. The van der Waals surface area contributed by atoms with E-state index in [1.807, 2.05) is 105 Å². The Balaban J connectivity index is 0.000000105. The summed E-state index contributed by atoms with van der Waals surface area (Å²) < 4.78 is 51.2. The molecule has 42 heteroatoms. The molecule has 0 radical (unpaired) electrons. The molecule has 10 N–H and O–H groups in total. The highest BCUT2D eigenvalue weighted by Gasteiger charge is 2.55. The summed E-state index contributed by atoms with van der Waals surface area (Å²) in [5.41, 5.74) is 9.66. The first-order valence-corrected chi connectivity index (χ1v) is 53.6. The lowest BCUT2D eigenvalue weighted by Gasteiger charge is -2.46. The van der Waals surface area contributed by atoms with E-state index < -0.39 is 23.9 Å². The van der Waals surface area contributed by atoms with Gasteiger partial charge in [-0.3, -0.25) is 28.4 Å². The van der Waals surface area contributed by atoms with Crippen molar-refractivity contribution in [2.45, 2.75) is 262 Å². The molecule has 0 amide bonds. The minimum Gasteiger partial charge on any atom is -0.506 e. The highest BCUT2D eigenvalue weighted by Crippen LogP contribution is 2.59. The van der Waals surface area contributed by atoms with Crippen LogP contribution in [0.25, 0.3) is 0 Å². The third kappa shape index (κ3) is 20.5. The largest absolute Gasteiger partial charge is 0.506 e. The van der Waals surface area contributed by atoms with Gasteiger partial charge in [0.15, 0.2) is 0 Å². The zero-order valence-electron chi connectivity index (χ0n) is 77.5. The van der Waals surface area contributed by atoms with E-state index in [1.165, 1.54) is 65.3 Å². The molecule has 6 fully saturated rings. The number of nitrogens with zero attached hydrogens (tertiary/aromatic N) is 14. The number of nitrogens with one attached hydrogen (secondary N) is 6. The molecule has 0 saturated carbocycles. The molecule has 0 aliphatic carbocycles. The third-order valence-electron chi connectivity index (χ3n) is 28.3. The summed E-state index contributed by atoms with van der Waals surface area (Å²) in [7, 11) is 9.55. The van der Waals surface area contributed by atoms with Crippen molar-refractivity contribution in [1.29, 1.82) is 0 Å². The molecule has 24 heterocycles. The van der Waals surface area contributed by atoms with Gasteiger partial charge in [-0.1, -0.05) is 80.0 Å². The molecule has 30 nitrogen and oxygen atoms in total. The second kappa shape index (κ2) is 40.4. The van der Waals surface area contributed by atoms with Crippen LogP contribution in [0.2, 0.25) is 26.0 Å². The highest BCUT2D eigenvalue weighted by atomic mass is 35.5. The monoisotopic (exact) mass is 2090 g/mol. The van der Waals surface area contributed by atoms with Gasteiger partial charge in [-0.25, -0.2) is 4.98 Å². The summed E-state index contributed by atoms with van der Waals surface area (Å²) in [5, 5.41) is 92.0. The number of aliphatic hydroxyl groups is 3. The molecule has 12 aromatic heterocycles. The number of fused-ring (bicyclic) bond motifs is 12. The fourth-order valence-electron chi connectivity index (χ4n) is 23.1. The van der Waals surface area contributed by atoms with Crippen molar-refractivity contribution in [1.82, 2.24) is 101 Å². The second-order valence-corrected chi connectivity index (χ2v) is 49.0. The van der Waals surface area contributed by atoms with E-state index in [1.54, 1.807) is 68.0 Å². The fourth-order valence-corrected chi connectivity index (χ4v) is 31.7. The van der Waals surface area contributed by atoms with Gasteiger partial charge in [0, 0.05) is 217 Å². The SMILES string of the molecule is CC1CC2(CC(c3ncccc3O)N1)OCCc1cc(Cl)sc12.CC1CC2(CC(c3ncnn3C)N1)OCCc1cc(Cl)sc12.C[C@H]1CC2(CC(c3cnn(C)c3)N1)OCC(O)c1cc(Cl)sc12.C[C@H]1CC2(CC(c3cnn(C)c3)N1)OCC(O)c1cc(Cl)sc12.C[C@H]1CC2(C[C@@H](c3cn(C)nn3)N1)OCCc1sc(Cl)cc12.C[C@H]1C[C@@]2(C[C@@H](c3cn(C)nn3)N1)OC[C@@H](O)c1cc(Cl)sc12. The molecule has 0 aromatic carbocycles. The minimum absolute atomic E-state index is 0.0354. The van der Waals surface area contributed by atoms with E-state index in [0.717, 1.165) is 182 Å². The Kier molecular flexibility index (Phi) is 29.4. The predicted molar refractivity (Wildman–Crippen MR) is 531 cm³/mol. The molecule has 12 aliphatic heterocycles. The number of aromatic hydroxyl groups is 1. The van der Waals surface area contributed by atoms with Crippen LogP contribution in [0, 0.1) is 0 Å². The summed E-state index contributed by atoms with van der Waals surface area (Å²) in [6, 6.07) is 17.9. The number of aliphatic hydroxyl groups excluding tert-OH is 3. The lowest BCUT2D eigenvalue weighted by Crippen LogP contribution is -2.50. The van der Waals surface area contributed by atoms with Crippen molar-refractivity contribution in [3.05, 3.63) is 221 Å². The molecule has 24 rings (SSSR count). The van der Waals surface area contributed by atoms with Crippen molar-refractivity contribution in [2.24, 2.45) is 35.2 Å². The number of pyridine rings is 1. The Bertz CT molecular complexity index is 5920. The molecule has 13 unspecified atom stereocenters. The number of halogens is 6. The summed E-state index contributed by atoms with van der Waals surface area (Å²) in [4.78, 5) is 16.0. The van der Waals surface area contributed by atoms with Gasteiger partial charge in [0.2, 0.25) is 0 Å². The molecular weight excluding hydrogens is 1970 g/mol. The topological polar surface area (TPSA) is 349 Å². The fraction of sp³-hybridized carbons (Fsp3) is 0.564. The Labute approximate surface area is 844 Å². The zero-order valence-corrected chi connectivity index (χ0v) is 86.9. The Morgan fingerprint density at radius 3 is 1.18 bits per heavy atom. The van der Waals surface area contributed by atoms with Gasteiger partial charge in [-0.05, 0) is 158 Å². The van der Waals surface area contributed by atoms with Crippen LogP contribution in [-0.2, 0) is 117 Å². The molecular formula is C94H116Cl6N20O10S6. The molecule has 12 aliphatic rings. The first-order valence-electron chi connectivity index (χ1n) is 46.5. The molecule has 6 spiro atoms. The maximum absolute atomic E-state index is 10.2. The maximum atomic E-state index is 10.2. The number of aryl methyl sites for hydroxylation is 5. The van der Waals surface area contributed by atoms with Crippen LogP contribution in [0.5, 0.6) is 5.75 Å². The van der Waals surface area contributed by atoms with Crippen molar-refractivity contribution >= 4 is 138 Å². The quantitative estimate of drug-likeness (QED) is 0.0739. The van der Waals surface area contributed by atoms with Gasteiger partial charge in [-0.15, -0.1) is 78.2 Å². The van der Waals surface area contributed by atoms with Crippen LogP contribution in [-0.4, -0.2) is 166 Å². The van der Waals surface area contributed by atoms with E-state index in [2.05, 4.69) is 138 Å². The van der Waals surface area contributed by atoms with E-state index in [9.17, 15) is 20.4 Å². The number of hydrogen-bond donors (Lipinski definition) is 10. The van der Waals surface area contributed by atoms with Crippen molar-refractivity contribution in [3.63, 3.8) is 0 Å². The predicted octanol–water partition coefficient (Wildman–Crippen LogP) is 17.5. The summed E-state index contributed by atoms with van der Waals surface area (Å²) >= 11 is 47.1. The molecule has 21 atom stereocenters. The van der Waals surface area contributed by atoms with Gasteiger partial charge in [0.1, 0.15) is 64.2 Å². The van der Waals surface area contributed by atoms with Gasteiger partial charge in [-0.2, -0.15) is 15.3 Å². The van der Waals surface area contributed by atoms with Gasteiger partial charge in [0.05, 0.1) is 125 Å². The zero-order chi connectivity index (χ0) is 95.2. The van der Waals surface area contributed by atoms with Crippen LogP contribution in [0.4, 0.5) is 0 Å². The highest BCUT2D eigenvalue weighted by molar-refractivity contribution is 7.18. The minimum atomic E-state index is -0.598. The van der Waals surface area contributed by atoms with E-state index in [0.29, 0.717) is 69.3 Å². The smallest absolute Gasteiger partial charge is 0.143 e. The van der Waals surface area contributed by atoms with Crippen LogP contribution >= 0.6 is 138 Å². The standard InChI is InChI=1S/C17H19ClN2O2S.2C16H20ClN3O2S.C15H19ClN4O2S.2C15H19ClN4OS/c1-10-8-17(16-11(4-6-22-17)7-14(18)23-16)9-12(20-10)15-13(21)3-2-5-19-15;2*1-9-4-16(5-12(19-9)10-6-18-20(2)7-10)15-11(3-14(17)23-15)13(21)8-22-16;1-8-4-15(5-10(17-8)11-6-20(2)19-18-11)14-9(3-13(16)23-14)12(21)7-22-15;1-9-6-15(7-11(17-9)12-8-20(2)19-18-12)10-5-14(16)22-13(10)3-4-21-15;1-9-6-15(7-11(19-9)14-17-8-18-20(14)2)13-10(3-4-21-15)5-12(16)22-13/h2-3,5,7,10,12,20-21H,4,6,8-9H2,1H3;2*3,6-7,9,12-13,19,21H,4-5,8H2,1-2H3;3,6,8,10,12,17,21H,4-5,7H2,1-2H3;5,8-9,11,17H,3-4,6-7H2,1-2H3;5,8-9,11,19H,3-4,6-7H2,1-2H3/t;2*9-,12?,13?,16?;8-,10-,12+,15-;9-,11-,15?;/m.0000./s1. The first-order chi connectivity index (χ1) is 65.1. The molecule has 0 bridgehead atoms. The number of thiophene rings is 6. The molecule has 6 saturated heterocycles. The Morgan fingerprint density at radius 2 is 0.757 bits per heavy atom. The number of piperidine rings is 6. The Hall–Kier alpha value is -5.87. The summed E-state index contributed by atoms with van der Waals surface area (Å²) in [6.45, 7) is 16.3. The van der Waals surface area contributed by atoms with Crippen molar-refractivity contribution < 1.29 is 48.8 Å². The molecule has 136 heavy (non-hydrogen) atoms. The normalized spacial score (nSPS) is 32.5. The van der Waals surface area contributed by atoms with E-state index in [-0.39, 0.29) is 82.1 Å². The number of ether oxygens (including phenoxy) is 6. The van der Waals surface area contributed by atoms with E-state index >= 15 is 0 Å². The maximum Gasteiger partial charge on any atom is 0.143 e. The molecule has 730 valence electrons. The van der Waals surface area contributed by atoms with Crippen LogP contribution in [0.1, 0.15) is 270 Å². The number of aromatic nitrogens is 14.